The molecule has 1 amide bonds. The van der Waals surface area contributed by atoms with Crippen LogP contribution in [0, 0.1) is 0 Å². The normalized spacial score (nSPS) is 12.7. The lowest BCUT2D eigenvalue weighted by Crippen LogP contribution is -2.22. The molecule has 0 aliphatic rings. The van der Waals surface area contributed by atoms with Crippen LogP contribution in [0.25, 0.3) is 0 Å². The van der Waals surface area contributed by atoms with Crippen molar-refractivity contribution in [2.24, 2.45) is 5.73 Å². The molecule has 0 fully saturated rings. The predicted octanol–water partition coefficient (Wildman–Crippen LogP) is 0.545. The topological polar surface area (TPSA) is 46.3 Å². The molecule has 0 aromatic carbocycles. The zero-order valence-electron chi connectivity index (χ0n) is 8.04. The van der Waals surface area contributed by atoms with Crippen LogP contribution >= 0.6 is 11.8 Å². The van der Waals surface area contributed by atoms with E-state index in [-0.39, 0.29) is 5.91 Å². The zero-order chi connectivity index (χ0) is 9.56. The van der Waals surface area contributed by atoms with Crippen molar-refractivity contribution >= 4 is 17.7 Å². The molecule has 0 heterocycles. The van der Waals surface area contributed by atoms with Crippen LogP contribution in [0.5, 0.6) is 0 Å². The molecule has 0 spiro atoms. The maximum atomic E-state index is 11.1. The van der Waals surface area contributed by atoms with Crippen LogP contribution in [0.15, 0.2) is 0 Å². The highest BCUT2D eigenvalue weighted by atomic mass is 32.2. The number of thioether (sulfide) groups is 1. The van der Waals surface area contributed by atoms with Crippen molar-refractivity contribution in [2.45, 2.75) is 18.6 Å². The summed E-state index contributed by atoms with van der Waals surface area (Å²) >= 11 is 1.75. The average Bonchev–Trinajstić information content (AvgIpc) is 2.03. The Labute approximate surface area is 78.7 Å². The minimum atomic E-state index is 0.187. The summed E-state index contributed by atoms with van der Waals surface area (Å²) in [6.07, 6.45) is 0.613. The van der Waals surface area contributed by atoms with E-state index in [4.69, 9.17) is 5.73 Å². The molecule has 3 nitrogen and oxygen atoms in total. The van der Waals surface area contributed by atoms with Gasteiger partial charge in [-0.2, -0.15) is 11.8 Å². The lowest BCUT2D eigenvalue weighted by atomic mass is 10.4. The second kappa shape index (κ2) is 6.31. The quantitative estimate of drug-likeness (QED) is 0.688. The van der Waals surface area contributed by atoms with E-state index in [9.17, 15) is 4.79 Å². The molecular formula is C8H18N2OS. The van der Waals surface area contributed by atoms with Crippen molar-refractivity contribution < 1.29 is 4.79 Å². The summed E-state index contributed by atoms with van der Waals surface area (Å²) in [7, 11) is 3.55. The van der Waals surface area contributed by atoms with E-state index < -0.39 is 0 Å². The molecule has 4 heteroatoms. The van der Waals surface area contributed by atoms with E-state index in [1.807, 2.05) is 0 Å². The van der Waals surface area contributed by atoms with Crippen molar-refractivity contribution in [3.05, 3.63) is 0 Å². The molecule has 0 bridgehead atoms. The standard InChI is InChI=1S/C8H18N2OS/c1-7(6-9)12-5-4-8(11)10(2)3/h7H,4-6,9H2,1-3H3. The maximum Gasteiger partial charge on any atom is 0.222 e. The van der Waals surface area contributed by atoms with Crippen LogP contribution in [-0.4, -0.2) is 42.4 Å². The van der Waals surface area contributed by atoms with E-state index in [1.165, 1.54) is 0 Å². The van der Waals surface area contributed by atoms with Crippen LogP contribution in [0.3, 0.4) is 0 Å². The van der Waals surface area contributed by atoms with Crippen LogP contribution in [0.1, 0.15) is 13.3 Å². The van der Waals surface area contributed by atoms with Crippen LogP contribution in [-0.2, 0) is 4.79 Å². The van der Waals surface area contributed by atoms with Gasteiger partial charge in [0.1, 0.15) is 0 Å². The molecule has 0 radical (unpaired) electrons. The first-order chi connectivity index (χ1) is 5.57. The maximum absolute atomic E-state index is 11.1. The summed E-state index contributed by atoms with van der Waals surface area (Å²) in [4.78, 5) is 12.7. The number of amides is 1. The van der Waals surface area contributed by atoms with Crippen molar-refractivity contribution in [2.75, 3.05) is 26.4 Å². The molecule has 1 atom stereocenters. The van der Waals surface area contributed by atoms with Gasteiger partial charge >= 0.3 is 0 Å². The van der Waals surface area contributed by atoms with Gasteiger partial charge in [-0.25, -0.2) is 0 Å². The van der Waals surface area contributed by atoms with Crippen molar-refractivity contribution in [1.29, 1.82) is 0 Å². The largest absolute Gasteiger partial charge is 0.349 e. The summed E-state index contributed by atoms with van der Waals surface area (Å²) in [6, 6.07) is 0. The first-order valence-corrected chi connectivity index (χ1v) is 5.14. The van der Waals surface area contributed by atoms with Gasteiger partial charge in [-0.1, -0.05) is 6.92 Å². The molecule has 12 heavy (non-hydrogen) atoms. The monoisotopic (exact) mass is 190 g/mol. The fraction of sp³-hybridized carbons (Fsp3) is 0.875. The number of nitrogens with zero attached hydrogens (tertiary/aromatic N) is 1. The van der Waals surface area contributed by atoms with Gasteiger partial charge in [0.05, 0.1) is 0 Å². The Hall–Kier alpha value is -0.220. The molecule has 72 valence electrons. The number of hydrogen-bond acceptors (Lipinski definition) is 3. The van der Waals surface area contributed by atoms with Gasteiger partial charge in [0.2, 0.25) is 5.91 Å². The number of hydrogen-bond donors (Lipinski definition) is 1. The first kappa shape index (κ1) is 11.8. The third-order valence-electron chi connectivity index (χ3n) is 1.55. The summed E-state index contributed by atoms with van der Waals surface area (Å²) in [6.45, 7) is 2.76. The van der Waals surface area contributed by atoms with Gasteiger partial charge in [-0.05, 0) is 0 Å². The van der Waals surface area contributed by atoms with E-state index in [1.54, 1.807) is 30.8 Å². The Morgan fingerprint density at radius 1 is 1.58 bits per heavy atom. The average molecular weight is 190 g/mol. The molecule has 1 unspecified atom stereocenters. The molecule has 0 saturated carbocycles. The highest BCUT2D eigenvalue weighted by molar-refractivity contribution is 7.99. The van der Waals surface area contributed by atoms with E-state index in [2.05, 4.69) is 6.92 Å². The number of carbonyl (C=O) groups is 1. The third kappa shape index (κ3) is 5.43. The summed E-state index contributed by atoms with van der Waals surface area (Å²) in [5.41, 5.74) is 5.43. The van der Waals surface area contributed by atoms with E-state index >= 15 is 0 Å². The fourth-order valence-electron chi connectivity index (χ4n) is 0.639. The Kier molecular flexibility index (Phi) is 6.20. The van der Waals surface area contributed by atoms with Gasteiger partial charge in [-0.15, -0.1) is 0 Å². The minimum Gasteiger partial charge on any atom is -0.349 e. The minimum absolute atomic E-state index is 0.187. The van der Waals surface area contributed by atoms with Gasteiger partial charge in [0, 0.05) is 38.1 Å². The van der Waals surface area contributed by atoms with E-state index in [0.29, 0.717) is 18.2 Å². The highest BCUT2D eigenvalue weighted by Crippen LogP contribution is 2.10. The molecule has 0 aromatic heterocycles. The summed E-state index contributed by atoms with van der Waals surface area (Å²) in [5, 5.41) is 0.458. The molecular weight excluding hydrogens is 172 g/mol. The number of rotatable bonds is 5. The lowest BCUT2D eigenvalue weighted by Gasteiger charge is -2.11. The fourth-order valence-corrected chi connectivity index (χ4v) is 1.47. The van der Waals surface area contributed by atoms with Crippen molar-refractivity contribution in [3.63, 3.8) is 0 Å². The van der Waals surface area contributed by atoms with Gasteiger partial charge in [-0.3, -0.25) is 4.79 Å². The first-order valence-electron chi connectivity index (χ1n) is 4.09. The highest BCUT2D eigenvalue weighted by Gasteiger charge is 2.05. The van der Waals surface area contributed by atoms with Gasteiger partial charge in [0.25, 0.3) is 0 Å². The second-order valence-corrected chi connectivity index (χ2v) is 4.50. The van der Waals surface area contributed by atoms with Crippen molar-refractivity contribution in [1.82, 2.24) is 4.90 Å². The Morgan fingerprint density at radius 3 is 2.58 bits per heavy atom. The van der Waals surface area contributed by atoms with Crippen LogP contribution in [0.2, 0.25) is 0 Å². The van der Waals surface area contributed by atoms with Crippen LogP contribution < -0.4 is 5.73 Å². The second-order valence-electron chi connectivity index (χ2n) is 2.96. The molecule has 0 rings (SSSR count). The Balaban J connectivity index is 3.37. The summed E-state index contributed by atoms with van der Waals surface area (Å²) in [5.74, 6) is 1.06. The van der Waals surface area contributed by atoms with E-state index in [0.717, 1.165) is 5.75 Å². The number of nitrogens with two attached hydrogens (primary N) is 1. The molecule has 0 aromatic rings. The smallest absolute Gasteiger partial charge is 0.222 e. The molecule has 2 N–H and O–H groups in total. The molecule has 0 saturated heterocycles. The Morgan fingerprint density at radius 2 is 2.17 bits per heavy atom. The zero-order valence-corrected chi connectivity index (χ0v) is 8.86. The molecule has 0 aliphatic carbocycles. The van der Waals surface area contributed by atoms with Crippen LogP contribution in [0.4, 0.5) is 0 Å². The van der Waals surface area contributed by atoms with Crippen molar-refractivity contribution in [3.8, 4) is 0 Å². The SMILES string of the molecule is CC(CN)SCCC(=O)N(C)C. The third-order valence-corrected chi connectivity index (χ3v) is 2.75. The van der Waals surface area contributed by atoms with Gasteiger partial charge in [0.15, 0.2) is 0 Å². The molecule has 0 aliphatic heterocycles. The van der Waals surface area contributed by atoms with Gasteiger partial charge < -0.3 is 10.6 Å². The summed E-state index contributed by atoms with van der Waals surface area (Å²) < 4.78 is 0. The lowest BCUT2D eigenvalue weighted by molar-refractivity contribution is -0.128. The predicted molar refractivity (Wildman–Crippen MR) is 54.3 cm³/mol. The number of carbonyl (C=O) groups excluding carboxylic acids is 1. The Bertz CT molecular complexity index is 139.